The van der Waals surface area contributed by atoms with Crippen molar-refractivity contribution in [1.29, 1.82) is 0 Å². The van der Waals surface area contributed by atoms with Crippen LogP contribution in [0.15, 0.2) is 30.5 Å². The third kappa shape index (κ3) is 3.54. The molecular weight excluding hydrogens is 325 g/mol. The molecule has 0 atom stereocenters. The minimum Gasteiger partial charge on any atom is -0.364 e. The fourth-order valence-corrected chi connectivity index (χ4v) is 3.17. The zero-order valence-corrected chi connectivity index (χ0v) is 13.8. The van der Waals surface area contributed by atoms with E-state index in [-0.39, 0.29) is 5.82 Å². The predicted molar refractivity (Wildman–Crippen MR) is 89.6 cm³/mol. The molecule has 25 heavy (non-hydrogen) atoms. The van der Waals surface area contributed by atoms with Crippen LogP contribution in [0, 0.1) is 5.82 Å². The van der Waals surface area contributed by atoms with E-state index in [1.807, 2.05) is 0 Å². The lowest BCUT2D eigenvalue weighted by molar-refractivity contribution is -0.169. The topological polar surface area (TPSA) is 72.4 Å². The number of benzene rings is 1. The molecule has 0 unspecified atom stereocenters. The molecule has 0 amide bonds. The van der Waals surface area contributed by atoms with Crippen LogP contribution < -0.4 is 10.2 Å². The van der Waals surface area contributed by atoms with Crippen LogP contribution in [0.1, 0.15) is 18.4 Å². The van der Waals surface area contributed by atoms with Gasteiger partial charge in [0, 0.05) is 38.0 Å². The van der Waals surface area contributed by atoms with Gasteiger partial charge in [-0.25, -0.2) is 4.39 Å². The Morgan fingerprint density at radius 2 is 1.92 bits per heavy atom. The average Bonchev–Trinajstić information content (AvgIpc) is 3.10. The molecule has 0 bridgehead atoms. The Labute approximate surface area is 145 Å². The van der Waals surface area contributed by atoms with Gasteiger partial charge in [0.2, 0.25) is 5.95 Å². The lowest BCUT2D eigenvalue weighted by Crippen LogP contribution is -2.45. The molecule has 4 rings (SSSR count). The second-order valence-corrected chi connectivity index (χ2v) is 6.18. The molecule has 2 aliphatic heterocycles. The van der Waals surface area contributed by atoms with Crippen molar-refractivity contribution in [2.75, 3.05) is 36.5 Å². The summed E-state index contributed by atoms with van der Waals surface area (Å²) in [5, 5.41) is 11.2. The van der Waals surface area contributed by atoms with Crippen molar-refractivity contribution >= 4 is 11.8 Å². The maximum atomic E-state index is 13.7. The number of piperidine rings is 1. The highest BCUT2D eigenvalue weighted by molar-refractivity contribution is 5.40. The van der Waals surface area contributed by atoms with E-state index in [4.69, 9.17) is 9.47 Å². The molecule has 1 spiro atoms. The highest BCUT2D eigenvalue weighted by atomic mass is 19.1. The fourth-order valence-electron chi connectivity index (χ4n) is 3.17. The normalized spacial score (nSPS) is 19.3. The molecule has 2 fully saturated rings. The van der Waals surface area contributed by atoms with Crippen molar-refractivity contribution < 1.29 is 13.9 Å². The molecule has 1 aromatic carbocycles. The standard InChI is InChI=1S/C17H20FN5O2/c18-14-4-2-1-3-13(14)11-19-15-12-20-22-16(21-15)23-7-5-17(6-8-23)24-9-10-25-17/h1-4,12H,5-11H2,(H,19,21,22). The number of halogens is 1. The van der Waals surface area contributed by atoms with Crippen molar-refractivity contribution in [3.05, 3.63) is 41.8 Å². The van der Waals surface area contributed by atoms with Gasteiger partial charge in [-0.15, -0.1) is 5.10 Å². The monoisotopic (exact) mass is 345 g/mol. The van der Waals surface area contributed by atoms with Crippen molar-refractivity contribution in [3.8, 4) is 0 Å². The first-order valence-corrected chi connectivity index (χ1v) is 8.44. The number of ether oxygens (including phenoxy) is 2. The maximum Gasteiger partial charge on any atom is 0.247 e. The number of hydrogen-bond acceptors (Lipinski definition) is 7. The third-order valence-corrected chi connectivity index (χ3v) is 4.59. The summed E-state index contributed by atoms with van der Waals surface area (Å²) in [7, 11) is 0. The zero-order chi connectivity index (χ0) is 17.1. The summed E-state index contributed by atoms with van der Waals surface area (Å²) < 4.78 is 25.2. The van der Waals surface area contributed by atoms with Crippen LogP contribution in [0.3, 0.4) is 0 Å². The Morgan fingerprint density at radius 3 is 2.68 bits per heavy atom. The Morgan fingerprint density at radius 1 is 1.16 bits per heavy atom. The van der Waals surface area contributed by atoms with Crippen LogP contribution in [0.2, 0.25) is 0 Å². The summed E-state index contributed by atoms with van der Waals surface area (Å²) in [6.45, 7) is 3.16. The van der Waals surface area contributed by atoms with Gasteiger partial charge in [0.25, 0.3) is 0 Å². The number of nitrogens with one attached hydrogen (secondary N) is 1. The van der Waals surface area contributed by atoms with Crippen LogP contribution in [-0.4, -0.2) is 47.3 Å². The smallest absolute Gasteiger partial charge is 0.247 e. The van der Waals surface area contributed by atoms with Crippen molar-refractivity contribution in [1.82, 2.24) is 15.2 Å². The molecule has 1 aromatic heterocycles. The minimum atomic E-state index is -0.426. The predicted octanol–water partition coefficient (Wildman–Crippen LogP) is 1.97. The van der Waals surface area contributed by atoms with Crippen LogP contribution in [0.25, 0.3) is 0 Å². The van der Waals surface area contributed by atoms with E-state index >= 15 is 0 Å². The van der Waals surface area contributed by atoms with Gasteiger partial charge in [-0.2, -0.15) is 10.1 Å². The number of nitrogens with zero attached hydrogens (tertiary/aromatic N) is 4. The molecule has 2 aliphatic rings. The van der Waals surface area contributed by atoms with Gasteiger partial charge in [0.05, 0.1) is 19.4 Å². The van der Waals surface area contributed by atoms with E-state index in [2.05, 4.69) is 25.4 Å². The lowest BCUT2D eigenvalue weighted by atomic mass is 10.0. The second kappa shape index (κ2) is 6.89. The van der Waals surface area contributed by atoms with Crippen LogP contribution >= 0.6 is 0 Å². The summed E-state index contributed by atoms with van der Waals surface area (Å²) in [6.07, 6.45) is 3.10. The van der Waals surface area contributed by atoms with Gasteiger partial charge in [0.15, 0.2) is 11.6 Å². The molecule has 8 heteroatoms. The first-order valence-electron chi connectivity index (χ1n) is 8.44. The molecule has 2 aromatic rings. The largest absolute Gasteiger partial charge is 0.364 e. The van der Waals surface area contributed by atoms with Gasteiger partial charge in [-0.05, 0) is 6.07 Å². The van der Waals surface area contributed by atoms with Crippen LogP contribution in [0.4, 0.5) is 16.2 Å². The molecule has 7 nitrogen and oxygen atoms in total. The molecule has 0 saturated carbocycles. The zero-order valence-electron chi connectivity index (χ0n) is 13.8. The second-order valence-electron chi connectivity index (χ2n) is 6.18. The summed E-state index contributed by atoms with van der Waals surface area (Å²) >= 11 is 0. The van der Waals surface area contributed by atoms with E-state index < -0.39 is 5.79 Å². The lowest BCUT2D eigenvalue weighted by Gasteiger charge is -2.37. The summed E-state index contributed by atoms with van der Waals surface area (Å²) in [5.41, 5.74) is 0.582. The molecule has 132 valence electrons. The first kappa shape index (κ1) is 16.2. The highest BCUT2D eigenvalue weighted by Gasteiger charge is 2.40. The van der Waals surface area contributed by atoms with E-state index in [1.165, 1.54) is 6.07 Å². The Balaban J connectivity index is 1.39. The number of hydrogen-bond donors (Lipinski definition) is 1. The third-order valence-electron chi connectivity index (χ3n) is 4.59. The van der Waals surface area contributed by atoms with Gasteiger partial charge >= 0.3 is 0 Å². The molecule has 2 saturated heterocycles. The average molecular weight is 345 g/mol. The Bertz CT molecular complexity index is 728. The van der Waals surface area contributed by atoms with E-state index in [1.54, 1.807) is 24.4 Å². The summed E-state index contributed by atoms with van der Waals surface area (Å²) in [5.74, 6) is 0.466. The quantitative estimate of drug-likeness (QED) is 0.908. The maximum absolute atomic E-state index is 13.7. The van der Waals surface area contributed by atoms with E-state index in [0.29, 0.717) is 37.1 Å². The van der Waals surface area contributed by atoms with Gasteiger partial charge in [0.1, 0.15) is 5.82 Å². The SMILES string of the molecule is Fc1ccccc1CNc1cnnc(N2CCC3(CC2)OCCO3)n1. The number of rotatable bonds is 4. The molecular formula is C17H20FN5O2. The van der Waals surface area contributed by atoms with Gasteiger partial charge < -0.3 is 19.7 Å². The molecule has 0 aliphatic carbocycles. The van der Waals surface area contributed by atoms with Crippen LogP contribution in [0.5, 0.6) is 0 Å². The van der Waals surface area contributed by atoms with Gasteiger partial charge in [-0.3, -0.25) is 0 Å². The van der Waals surface area contributed by atoms with Crippen molar-refractivity contribution in [2.24, 2.45) is 0 Å². The van der Waals surface area contributed by atoms with Crippen molar-refractivity contribution in [3.63, 3.8) is 0 Å². The minimum absolute atomic E-state index is 0.241. The number of aromatic nitrogens is 3. The van der Waals surface area contributed by atoms with Crippen LogP contribution in [-0.2, 0) is 16.0 Å². The Kier molecular flexibility index (Phi) is 4.46. The summed E-state index contributed by atoms with van der Waals surface area (Å²) in [6, 6.07) is 6.66. The summed E-state index contributed by atoms with van der Waals surface area (Å²) in [4.78, 5) is 6.56. The highest BCUT2D eigenvalue weighted by Crippen LogP contribution is 2.32. The number of anilines is 2. The fraction of sp³-hybridized carbons (Fsp3) is 0.471. The molecule has 0 radical (unpaired) electrons. The van der Waals surface area contributed by atoms with Crippen molar-refractivity contribution in [2.45, 2.75) is 25.2 Å². The van der Waals surface area contributed by atoms with E-state index in [9.17, 15) is 4.39 Å². The Hall–Kier alpha value is -2.32. The van der Waals surface area contributed by atoms with Gasteiger partial charge in [-0.1, -0.05) is 18.2 Å². The van der Waals surface area contributed by atoms with E-state index in [0.717, 1.165) is 25.9 Å². The molecule has 1 N–H and O–H groups in total. The first-order chi connectivity index (χ1) is 12.2. The molecule has 3 heterocycles.